The van der Waals surface area contributed by atoms with Crippen molar-refractivity contribution in [2.75, 3.05) is 35.5 Å². The Morgan fingerprint density at radius 1 is 0.656 bits per heavy atom. The largest absolute Gasteiger partial charge is 0.497 e. The van der Waals surface area contributed by atoms with Gasteiger partial charge in [-0.05, 0) is 47.5 Å². The molecule has 1 amide bonds. The standard InChI is InChI=1S/C25H27NO6/c1-28-19-10-6-16(7-11-19)23(17-8-12-20(29-2)13-9-17)26-25(27)18-14-21(30-3)24(32-5)22(15-18)31-4/h6-15,23H,1-5H3,(H,26,27). The number of ether oxygens (including phenoxy) is 5. The molecule has 1 N–H and O–H groups in total. The summed E-state index contributed by atoms with van der Waals surface area (Å²) in [4.78, 5) is 13.3. The summed E-state index contributed by atoms with van der Waals surface area (Å²) in [6.45, 7) is 0. The molecule has 0 aliphatic heterocycles. The Balaban J connectivity index is 1.99. The molecule has 0 aliphatic rings. The molecule has 0 spiro atoms. The van der Waals surface area contributed by atoms with Gasteiger partial charge in [-0.15, -0.1) is 0 Å². The summed E-state index contributed by atoms with van der Waals surface area (Å²) in [7, 11) is 7.76. The van der Waals surface area contributed by atoms with Crippen LogP contribution in [0.15, 0.2) is 60.7 Å². The van der Waals surface area contributed by atoms with Gasteiger partial charge in [0.25, 0.3) is 5.91 Å². The Kier molecular flexibility index (Phi) is 7.44. The molecule has 0 aromatic heterocycles. The summed E-state index contributed by atoms with van der Waals surface area (Å²) >= 11 is 0. The summed E-state index contributed by atoms with van der Waals surface area (Å²) in [6.07, 6.45) is 0. The Morgan fingerprint density at radius 3 is 1.44 bits per heavy atom. The van der Waals surface area contributed by atoms with Gasteiger partial charge in [0.1, 0.15) is 11.5 Å². The van der Waals surface area contributed by atoms with E-state index in [2.05, 4.69) is 5.32 Å². The summed E-state index contributed by atoms with van der Waals surface area (Å²) < 4.78 is 26.6. The van der Waals surface area contributed by atoms with Crippen LogP contribution in [0.2, 0.25) is 0 Å². The van der Waals surface area contributed by atoms with Crippen molar-refractivity contribution in [3.8, 4) is 28.7 Å². The number of methoxy groups -OCH3 is 5. The van der Waals surface area contributed by atoms with Crippen molar-refractivity contribution in [3.05, 3.63) is 77.4 Å². The number of rotatable bonds is 9. The van der Waals surface area contributed by atoms with Gasteiger partial charge in [-0.2, -0.15) is 0 Å². The topological polar surface area (TPSA) is 75.3 Å². The summed E-state index contributed by atoms with van der Waals surface area (Å²) in [5.74, 6) is 2.41. The van der Waals surface area contributed by atoms with E-state index in [9.17, 15) is 4.79 Å². The van der Waals surface area contributed by atoms with E-state index in [1.807, 2.05) is 48.5 Å². The molecule has 7 heteroatoms. The highest BCUT2D eigenvalue weighted by atomic mass is 16.5. The lowest BCUT2D eigenvalue weighted by molar-refractivity contribution is 0.0942. The fraction of sp³-hybridized carbons (Fsp3) is 0.240. The third-order valence-corrected chi connectivity index (χ3v) is 5.10. The van der Waals surface area contributed by atoms with E-state index in [0.29, 0.717) is 22.8 Å². The molecule has 32 heavy (non-hydrogen) atoms. The molecule has 3 aromatic rings. The zero-order valence-electron chi connectivity index (χ0n) is 18.8. The average molecular weight is 437 g/mol. The van der Waals surface area contributed by atoms with Crippen LogP contribution >= 0.6 is 0 Å². The highest BCUT2D eigenvalue weighted by Crippen LogP contribution is 2.38. The maximum absolute atomic E-state index is 13.3. The van der Waals surface area contributed by atoms with Gasteiger partial charge in [0.2, 0.25) is 5.75 Å². The van der Waals surface area contributed by atoms with Crippen LogP contribution < -0.4 is 29.0 Å². The molecule has 0 heterocycles. The molecule has 0 unspecified atom stereocenters. The van der Waals surface area contributed by atoms with Crippen LogP contribution in [0.4, 0.5) is 0 Å². The van der Waals surface area contributed by atoms with E-state index < -0.39 is 6.04 Å². The SMILES string of the molecule is COc1ccc(C(NC(=O)c2cc(OC)c(OC)c(OC)c2)c2ccc(OC)cc2)cc1. The molecule has 7 nitrogen and oxygen atoms in total. The number of carbonyl (C=O) groups excluding carboxylic acids is 1. The van der Waals surface area contributed by atoms with Crippen LogP contribution in [-0.4, -0.2) is 41.5 Å². The lowest BCUT2D eigenvalue weighted by Gasteiger charge is -2.21. The van der Waals surface area contributed by atoms with E-state index in [1.54, 1.807) is 26.4 Å². The molecule has 3 rings (SSSR count). The van der Waals surface area contributed by atoms with Crippen LogP contribution in [0.25, 0.3) is 0 Å². The molecule has 0 aliphatic carbocycles. The van der Waals surface area contributed by atoms with Crippen LogP contribution in [-0.2, 0) is 0 Å². The molecule has 0 bridgehead atoms. The van der Waals surface area contributed by atoms with Crippen molar-refractivity contribution in [1.29, 1.82) is 0 Å². The van der Waals surface area contributed by atoms with Crippen molar-refractivity contribution >= 4 is 5.91 Å². The summed E-state index contributed by atoms with van der Waals surface area (Å²) in [5, 5.41) is 3.11. The number of carbonyl (C=O) groups is 1. The molecule has 3 aromatic carbocycles. The Hall–Kier alpha value is -3.87. The van der Waals surface area contributed by atoms with Crippen LogP contribution in [0.1, 0.15) is 27.5 Å². The van der Waals surface area contributed by atoms with E-state index in [1.165, 1.54) is 21.3 Å². The Morgan fingerprint density at radius 2 is 1.09 bits per heavy atom. The summed E-state index contributed by atoms with van der Waals surface area (Å²) in [6, 6.07) is 18.0. The molecular formula is C25H27NO6. The lowest BCUT2D eigenvalue weighted by atomic mass is 9.97. The van der Waals surface area contributed by atoms with Crippen molar-refractivity contribution in [2.24, 2.45) is 0 Å². The maximum atomic E-state index is 13.3. The monoisotopic (exact) mass is 437 g/mol. The van der Waals surface area contributed by atoms with Crippen molar-refractivity contribution in [3.63, 3.8) is 0 Å². The van der Waals surface area contributed by atoms with Crippen LogP contribution in [0.3, 0.4) is 0 Å². The van der Waals surface area contributed by atoms with Gasteiger partial charge < -0.3 is 29.0 Å². The molecular weight excluding hydrogens is 410 g/mol. The van der Waals surface area contributed by atoms with Crippen LogP contribution in [0.5, 0.6) is 28.7 Å². The molecule has 0 fully saturated rings. The van der Waals surface area contributed by atoms with Crippen LogP contribution in [0, 0.1) is 0 Å². The zero-order chi connectivity index (χ0) is 23.1. The van der Waals surface area contributed by atoms with Gasteiger partial charge in [-0.3, -0.25) is 4.79 Å². The molecule has 0 saturated heterocycles. The second-order valence-electron chi connectivity index (χ2n) is 6.87. The minimum atomic E-state index is -0.404. The van der Waals surface area contributed by atoms with Gasteiger partial charge in [-0.1, -0.05) is 24.3 Å². The second kappa shape index (κ2) is 10.4. The number of benzene rings is 3. The highest BCUT2D eigenvalue weighted by Gasteiger charge is 2.21. The first kappa shape index (κ1) is 22.8. The van der Waals surface area contributed by atoms with E-state index >= 15 is 0 Å². The average Bonchev–Trinajstić information content (AvgIpc) is 2.86. The number of hydrogen-bond acceptors (Lipinski definition) is 6. The van der Waals surface area contributed by atoms with Gasteiger partial charge in [0.15, 0.2) is 11.5 Å². The van der Waals surface area contributed by atoms with Crippen molar-refractivity contribution in [2.45, 2.75) is 6.04 Å². The van der Waals surface area contributed by atoms with Crippen molar-refractivity contribution in [1.82, 2.24) is 5.32 Å². The second-order valence-corrected chi connectivity index (χ2v) is 6.87. The van der Waals surface area contributed by atoms with Gasteiger partial charge in [0, 0.05) is 5.56 Å². The molecule has 0 radical (unpaired) electrons. The van der Waals surface area contributed by atoms with Crippen molar-refractivity contribution < 1.29 is 28.5 Å². The highest BCUT2D eigenvalue weighted by molar-refractivity contribution is 5.96. The van der Waals surface area contributed by atoms with Gasteiger partial charge >= 0.3 is 0 Å². The third-order valence-electron chi connectivity index (χ3n) is 5.10. The lowest BCUT2D eigenvalue weighted by Crippen LogP contribution is -2.29. The molecule has 168 valence electrons. The van der Waals surface area contributed by atoms with Gasteiger partial charge in [0.05, 0.1) is 41.6 Å². The fourth-order valence-corrected chi connectivity index (χ4v) is 3.38. The first-order valence-corrected chi connectivity index (χ1v) is 9.93. The maximum Gasteiger partial charge on any atom is 0.252 e. The third kappa shape index (κ3) is 4.88. The summed E-state index contributed by atoms with van der Waals surface area (Å²) in [5.41, 5.74) is 2.18. The normalized spacial score (nSPS) is 10.4. The fourth-order valence-electron chi connectivity index (χ4n) is 3.38. The predicted molar refractivity (Wildman–Crippen MR) is 121 cm³/mol. The first-order valence-electron chi connectivity index (χ1n) is 9.93. The minimum Gasteiger partial charge on any atom is -0.497 e. The minimum absolute atomic E-state index is 0.291. The van der Waals surface area contributed by atoms with E-state index in [4.69, 9.17) is 23.7 Å². The first-order chi connectivity index (χ1) is 15.5. The quantitative estimate of drug-likeness (QED) is 0.540. The number of nitrogens with one attached hydrogen (secondary N) is 1. The molecule has 0 saturated carbocycles. The Labute approximate surface area is 187 Å². The zero-order valence-corrected chi connectivity index (χ0v) is 18.8. The van der Waals surface area contributed by atoms with E-state index in [0.717, 1.165) is 22.6 Å². The van der Waals surface area contributed by atoms with E-state index in [-0.39, 0.29) is 5.91 Å². The molecule has 0 atom stereocenters. The predicted octanol–water partition coefficient (Wildman–Crippen LogP) is 4.25. The Bertz CT molecular complexity index is 975. The number of hydrogen-bond donors (Lipinski definition) is 1. The number of amides is 1. The van der Waals surface area contributed by atoms with Gasteiger partial charge in [-0.25, -0.2) is 0 Å². The smallest absolute Gasteiger partial charge is 0.252 e.